The Morgan fingerprint density at radius 2 is 1.09 bits per heavy atom. The Morgan fingerprint density at radius 1 is 0.457 bits per heavy atom. The van der Waals surface area contributed by atoms with E-state index in [-0.39, 0.29) is 5.41 Å². The van der Waals surface area contributed by atoms with Crippen LogP contribution in [-0.4, -0.2) is 0 Å². The van der Waals surface area contributed by atoms with E-state index in [2.05, 4.69) is 142 Å². The zero-order valence-corrected chi connectivity index (χ0v) is 26.2. The monoisotopic (exact) mass is 588 g/mol. The summed E-state index contributed by atoms with van der Waals surface area (Å²) >= 11 is 0. The highest BCUT2D eigenvalue weighted by Crippen LogP contribution is 2.47. The summed E-state index contributed by atoms with van der Waals surface area (Å²) in [7, 11) is 0. The second kappa shape index (κ2) is 9.08. The molecule has 46 heavy (non-hydrogen) atoms. The molecular formula is C45H32O. The fourth-order valence-corrected chi connectivity index (χ4v) is 8.01. The Hall–Kier alpha value is -5.40. The van der Waals surface area contributed by atoms with E-state index >= 15 is 0 Å². The van der Waals surface area contributed by atoms with Crippen molar-refractivity contribution in [2.75, 3.05) is 0 Å². The molecule has 1 heteroatoms. The molecule has 1 nitrogen and oxygen atoms in total. The van der Waals surface area contributed by atoms with Crippen LogP contribution in [0.4, 0.5) is 0 Å². The minimum atomic E-state index is 0.0729. The van der Waals surface area contributed by atoms with E-state index in [0.29, 0.717) is 0 Å². The van der Waals surface area contributed by atoms with E-state index in [4.69, 9.17) is 4.42 Å². The van der Waals surface area contributed by atoms with Gasteiger partial charge < -0.3 is 4.42 Å². The minimum Gasteiger partial charge on any atom is -0.456 e. The first-order valence-corrected chi connectivity index (χ1v) is 16.3. The van der Waals surface area contributed by atoms with Gasteiger partial charge in [-0.3, -0.25) is 0 Å². The van der Waals surface area contributed by atoms with Crippen molar-refractivity contribution in [3.63, 3.8) is 0 Å². The van der Waals surface area contributed by atoms with Crippen LogP contribution in [0.3, 0.4) is 0 Å². The van der Waals surface area contributed by atoms with E-state index in [9.17, 15) is 0 Å². The molecule has 1 aliphatic carbocycles. The van der Waals surface area contributed by atoms with Crippen molar-refractivity contribution >= 4 is 54.3 Å². The number of fused-ring (bicyclic) bond motifs is 6. The molecule has 0 radical (unpaired) electrons. The lowest BCUT2D eigenvalue weighted by Crippen LogP contribution is -2.10. The molecule has 218 valence electrons. The van der Waals surface area contributed by atoms with Crippen molar-refractivity contribution in [2.45, 2.75) is 32.6 Å². The molecule has 1 heterocycles. The van der Waals surface area contributed by atoms with Gasteiger partial charge in [-0.05, 0) is 125 Å². The second-order valence-electron chi connectivity index (χ2n) is 14.1. The van der Waals surface area contributed by atoms with Crippen LogP contribution in [0, 0.1) is 0 Å². The number of hydrogen-bond acceptors (Lipinski definition) is 1. The molecular weight excluding hydrogens is 556 g/mol. The topological polar surface area (TPSA) is 13.1 Å². The van der Waals surface area contributed by atoms with Crippen LogP contribution >= 0.6 is 0 Å². The minimum absolute atomic E-state index is 0.0729. The Bertz CT molecular complexity index is 2680. The van der Waals surface area contributed by atoms with Gasteiger partial charge in [0.2, 0.25) is 0 Å². The molecule has 0 bridgehead atoms. The Balaban J connectivity index is 1.29. The average Bonchev–Trinajstić information content (AvgIpc) is 3.64. The number of rotatable bonds is 2. The molecule has 0 unspecified atom stereocenters. The maximum Gasteiger partial charge on any atom is 0.136 e. The van der Waals surface area contributed by atoms with Crippen molar-refractivity contribution in [1.82, 2.24) is 0 Å². The summed E-state index contributed by atoms with van der Waals surface area (Å²) in [6.07, 6.45) is 1.00. The van der Waals surface area contributed by atoms with Crippen molar-refractivity contribution < 1.29 is 4.42 Å². The fraction of sp³-hybridized carbons (Fsp3) is 0.111. The molecule has 1 aromatic heterocycles. The maximum absolute atomic E-state index is 6.38. The van der Waals surface area contributed by atoms with Crippen LogP contribution in [0.2, 0.25) is 0 Å². The smallest absolute Gasteiger partial charge is 0.136 e. The van der Waals surface area contributed by atoms with Crippen molar-refractivity contribution in [2.24, 2.45) is 0 Å². The summed E-state index contributed by atoms with van der Waals surface area (Å²) in [6.45, 7) is 6.91. The van der Waals surface area contributed by atoms with Crippen LogP contribution in [0.25, 0.3) is 87.6 Å². The van der Waals surface area contributed by atoms with Gasteiger partial charge in [-0.1, -0.05) is 118 Å². The van der Waals surface area contributed by atoms with Gasteiger partial charge in [0, 0.05) is 10.8 Å². The zero-order valence-electron chi connectivity index (χ0n) is 26.2. The standard InChI is InChI=1S/C45H32O/c1-45(2,3)32-21-30-15-18-36-39(28-13-12-27-20-26-8-4-5-9-33(26)38(27)23-28)25-40(37-19-16-31(22-32)43(30)44(36)37)29-14-17-35-34-10-6-7-11-41(34)46-42(35)24-29/h4-19,21-25H,20H2,1-3H3. The highest BCUT2D eigenvalue weighted by Gasteiger charge is 2.23. The Morgan fingerprint density at radius 3 is 1.87 bits per heavy atom. The van der Waals surface area contributed by atoms with Gasteiger partial charge in [0.05, 0.1) is 0 Å². The predicted octanol–water partition coefficient (Wildman–Crippen LogP) is 12.7. The number of benzene rings is 8. The SMILES string of the molecule is CC(C)(C)c1cc2ccc3c(-c4ccc5c(c4)-c4ccccc4C5)cc(-c4ccc5c(c4)oc4ccccc45)c4ccc(c1)c2c34. The lowest BCUT2D eigenvalue weighted by molar-refractivity contribution is 0.591. The van der Waals surface area contributed by atoms with Crippen LogP contribution in [0.5, 0.6) is 0 Å². The first-order chi connectivity index (χ1) is 22.4. The number of hydrogen-bond donors (Lipinski definition) is 0. The van der Waals surface area contributed by atoms with Crippen LogP contribution < -0.4 is 0 Å². The zero-order chi connectivity index (χ0) is 30.7. The molecule has 0 aliphatic heterocycles. The molecule has 8 aromatic carbocycles. The normalized spacial score (nSPS) is 13.0. The molecule has 10 rings (SSSR count). The van der Waals surface area contributed by atoms with Gasteiger partial charge in [0.1, 0.15) is 11.2 Å². The molecule has 9 aromatic rings. The summed E-state index contributed by atoms with van der Waals surface area (Å²) in [5, 5.41) is 10.2. The Labute approximate surface area is 268 Å². The van der Waals surface area contributed by atoms with Crippen molar-refractivity contribution in [1.29, 1.82) is 0 Å². The van der Waals surface area contributed by atoms with Crippen LogP contribution in [0.15, 0.2) is 132 Å². The van der Waals surface area contributed by atoms with E-state index in [0.717, 1.165) is 28.4 Å². The van der Waals surface area contributed by atoms with E-state index in [1.54, 1.807) is 0 Å². The molecule has 0 spiro atoms. The van der Waals surface area contributed by atoms with Crippen molar-refractivity contribution in [3.8, 4) is 33.4 Å². The summed E-state index contributed by atoms with van der Waals surface area (Å²) in [5.41, 5.74) is 13.8. The third-order valence-electron chi connectivity index (χ3n) is 10.4. The molecule has 0 fully saturated rings. The van der Waals surface area contributed by atoms with E-state index in [1.165, 1.54) is 82.4 Å². The maximum atomic E-state index is 6.38. The van der Waals surface area contributed by atoms with Gasteiger partial charge in [-0.2, -0.15) is 0 Å². The van der Waals surface area contributed by atoms with Crippen LogP contribution in [0.1, 0.15) is 37.5 Å². The summed E-state index contributed by atoms with van der Waals surface area (Å²) in [6, 6.07) is 47.6. The first-order valence-electron chi connectivity index (χ1n) is 16.3. The first kappa shape index (κ1) is 25.9. The number of furan rings is 1. The van der Waals surface area contributed by atoms with E-state index in [1.807, 2.05) is 6.07 Å². The fourth-order valence-electron chi connectivity index (χ4n) is 8.01. The third-order valence-corrected chi connectivity index (χ3v) is 10.4. The summed E-state index contributed by atoms with van der Waals surface area (Å²) in [4.78, 5) is 0. The summed E-state index contributed by atoms with van der Waals surface area (Å²) in [5.74, 6) is 0. The number of para-hydroxylation sites is 1. The van der Waals surface area contributed by atoms with Crippen LogP contribution in [-0.2, 0) is 11.8 Å². The average molecular weight is 589 g/mol. The predicted molar refractivity (Wildman–Crippen MR) is 195 cm³/mol. The van der Waals surface area contributed by atoms with Crippen molar-refractivity contribution in [3.05, 3.63) is 144 Å². The largest absolute Gasteiger partial charge is 0.456 e. The second-order valence-corrected chi connectivity index (χ2v) is 14.1. The molecule has 0 saturated heterocycles. The molecule has 0 N–H and O–H groups in total. The molecule has 0 saturated carbocycles. The summed E-state index contributed by atoms with van der Waals surface area (Å²) < 4.78 is 6.38. The Kier molecular flexibility index (Phi) is 5.11. The lowest BCUT2D eigenvalue weighted by Gasteiger charge is -2.23. The van der Waals surface area contributed by atoms with E-state index < -0.39 is 0 Å². The highest BCUT2D eigenvalue weighted by molar-refractivity contribution is 6.28. The highest BCUT2D eigenvalue weighted by atomic mass is 16.3. The van der Waals surface area contributed by atoms with Gasteiger partial charge in [-0.15, -0.1) is 0 Å². The lowest BCUT2D eigenvalue weighted by atomic mass is 9.81. The molecule has 0 amide bonds. The van der Waals surface area contributed by atoms with Gasteiger partial charge in [0.15, 0.2) is 0 Å². The van der Waals surface area contributed by atoms with Gasteiger partial charge in [0.25, 0.3) is 0 Å². The molecule has 0 atom stereocenters. The van der Waals surface area contributed by atoms with Gasteiger partial charge >= 0.3 is 0 Å². The van der Waals surface area contributed by atoms with Gasteiger partial charge in [-0.25, -0.2) is 0 Å². The molecule has 1 aliphatic rings. The third kappa shape index (κ3) is 3.63. The quantitative estimate of drug-likeness (QED) is 0.183.